The molecule has 0 atom stereocenters. The predicted octanol–water partition coefficient (Wildman–Crippen LogP) is 6.18. The first-order valence-electron chi connectivity index (χ1n) is 9.67. The average molecular weight is 467 g/mol. The van der Waals surface area contributed by atoms with Crippen molar-refractivity contribution in [3.63, 3.8) is 0 Å². The Morgan fingerprint density at radius 1 is 0.467 bits per heavy atom. The second-order valence-corrected chi connectivity index (χ2v) is 7.59. The maximum Gasteiger partial charge on any atom is 0.0450 e. The number of hydrogen-bond acceptors (Lipinski definition) is 3. The van der Waals surface area contributed by atoms with E-state index in [2.05, 4.69) is 16.0 Å². The second kappa shape index (κ2) is 16.1. The lowest BCUT2D eigenvalue weighted by atomic mass is 10.2. The van der Waals surface area contributed by atoms with Crippen LogP contribution in [-0.4, -0.2) is 21.1 Å². The fourth-order valence-corrected chi connectivity index (χ4v) is 3.10. The van der Waals surface area contributed by atoms with Gasteiger partial charge in [-0.1, -0.05) is 89.4 Å². The molecule has 3 aromatic carbocycles. The Hall–Kier alpha value is -1.59. The normalized spacial score (nSPS) is 9.80. The molecule has 0 aliphatic rings. The van der Waals surface area contributed by atoms with Crippen LogP contribution in [0.3, 0.4) is 0 Å². The van der Waals surface area contributed by atoms with Gasteiger partial charge in [-0.25, -0.2) is 0 Å². The summed E-state index contributed by atoms with van der Waals surface area (Å²) < 4.78 is 0. The van der Waals surface area contributed by atoms with Gasteiger partial charge in [0.25, 0.3) is 0 Å². The third-order valence-corrected chi connectivity index (χ3v) is 5.08. The number of halogens is 3. The Kier molecular flexibility index (Phi) is 14.2. The van der Waals surface area contributed by atoms with Gasteiger partial charge in [-0.2, -0.15) is 0 Å². The van der Waals surface area contributed by atoms with Crippen LogP contribution in [0.4, 0.5) is 0 Å². The van der Waals surface area contributed by atoms with E-state index in [4.69, 9.17) is 34.8 Å². The molecule has 0 bridgehead atoms. The molecule has 3 rings (SSSR count). The van der Waals surface area contributed by atoms with E-state index >= 15 is 0 Å². The van der Waals surface area contributed by atoms with Gasteiger partial charge < -0.3 is 16.0 Å². The van der Waals surface area contributed by atoms with Crippen molar-refractivity contribution >= 4 is 34.8 Å². The summed E-state index contributed by atoms with van der Waals surface area (Å²) in [6, 6.07) is 23.5. The van der Waals surface area contributed by atoms with E-state index in [9.17, 15) is 0 Å². The van der Waals surface area contributed by atoms with Gasteiger partial charge in [0.2, 0.25) is 0 Å². The molecule has 6 heteroatoms. The monoisotopic (exact) mass is 465 g/mol. The largest absolute Gasteiger partial charge is 0.316 e. The SMILES string of the molecule is CNCc1ccccc1Cl.CNCc1ccccc1Cl.CNCc1ccccc1Cl. The Labute approximate surface area is 195 Å². The highest BCUT2D eigenvalue weighted by Gasteiger charge is 1.95. The molecule has 162 valence electrons. The molecule has 3 N–H and O–H groups in total. The van der Waals surface area contributed by atoms with Gasteiger partial charge in [-0.15, -0.1) is 0 Å². The zero-order valence-corrected chi connectivity index (χ0v) is 20.0. The molecule has 0 aromatic heterocycles. The van der Waals surface area contributed by atoms with Crippen LogP contribution in [0.1, 0.15) is 16.7 Å². The van der Waals surface area contributed by atoms with Crippen molar-refractivity contribution in [2.45, 2.75) is 19.6 Å². The van der Waals surface area contributed by atoms with Crippen molar-refractivity contribution < 1.29 is 0 Å². The molecule has 0 heterocycles. The fourth-order valence-electron chi connectivity index (χ4n) is 2.50. The van der Waals surface area contributed by atoms with Crippen LogP contribution in [0.25, 0.3) is 0 Å². The molecule has 0 unspecified atom stereocenters. The number of rotatable bonds is 6. The minimum Gasteiger partial charge on any atom is -0.316 e. The van der Waals surface area contributed by atoms with E-state index in [1.54, 1.807) is 0 Å². The fraction of sp³-hybridized carbons (Fsp3) is 0.250. The first-order chi connectivity index (χ1) is 14.5. The molecule has 0 amide bonds. The topological polar surface area (TPSA) is 36.1 Å². The molecule has 0 spiro atoms. The summed E-state index contributed by atoms with van der Waals surface area (Å²) in [5, 5.41) is 11.6. The summed E-state index contributed by atoms with van der Waals surface area (Å²) >= 11 is 17.6. The van der Waals surface area contributed by atoms with Crippen LogP contribution >= 0.6 is 34.8 Å². The minimum atomic E-state index is 0.830. The predicted molar refractivity (Wildman–Crippen MR) is 133 cm³/mol. The summed E-state index contributed by atoms with van der Waals surface area (Å²) in [5.41, 5.74) is 3.44. The van der Waals surface area contributed by atoms with Crippen molar-refractivity contribution in [1.29, 1.82) is 0 Å². The Bertz CT molecular complexity index is 743. The maximum absolute atomic E-state index is 5.86. The van der Waals surface area contributed by atoms with Crippen molar-refractivity contribution in [3.05, 3.63) is 105 Å². The third kappa shape index (κ3) is 10.4. The standard InChI is InChI=1S/3C8H10ClN/c3*1-10-6-7-4-2-3-5-8(7)9/h3*2-5,10H,6H2,1H3. The molecule has 0 saturated carbocycles. The van der Waals surface area contributed by atoms with Crippen LogP contribution in [0.2, 0.25) is 15.1 Å². The molecule has 0 radical (unpaired) electrons. The van der Waals surface area contributed by atoms with E-state index in [-0.39, 0.29) is 0 Å². The van der Waals surface area contributed by atoms with Crippen molar-refractivity contribution in [2.75, 3.05) is 21.1 Å². The Morgan fingerprint density at radius 3 is 0.900 bits per heavy atom. The van der Waals surface area contributed by atoms with E-state index in [1.165, 1.54) is 0 Å². The highest BCUT2D eigenvalue weighted by atomic mass is 35.5. The number of benzene rings is 3. The molecule has 30 heavy (non-hydrogen) atoms. The van der Waals surface area contributed by atoms with Gasteiger partial charge in [-0.3, -0.25) is 0 Å². The lowest BCUT2D eigenvalue weighted by molar-refractivity contribution is 0.818. The Balaban J connectivity index is 0.000000225. The van der Waals surface area contributed by atoms with Gasteiger partial charge in [0.05, 0.1) is 0 Å². The highest BCUT2D eigenvalue weighted by molar-refractivity contribution is 6.31. The molecule has 0 aliphatic heterocycles. The number of hydrogen-bond donors (Lipinski definition) is 3. The molecule has 0 fully saturated rings. The summed E-state index contributed by atoms with van der Waals surface area (Å²) in [7, 11) is 5.72. The van der Waals surface area contributed by atoms with Gasteiger partial charge in [0.15, 0.2) is 0 Å². The van der Waals surface area contributed by atoms with Crippen LogP contribution in [-0.2, 0) is 19.6 Å². The zero-order chi connectivity index (χ0) is 22.2. The first-order valence-corrected chi connectivity index (χ1v) is 10.8. The van der Waals surface area contributed by atoms with Crippen molar-refractivity contribution in [2.24, 2.45) is 0 Å². The van der Waals surface area contributed by atoms with Crippen LogP contribution in [0, 0.1) is 0 Å². The Morgan fingerprint density at radius 2 is 0.700 bits per heavy atom. The quantitative estimate of drug-likeness (QED) is 0.406. The van der Waals surface area contributed by atoms with Gasteiger partial charge in [-0.05, 0) is 56.0 Å². The van der Waals surface area contributed by atoms with Crippen LogP contribution in [0.15, 0.2) is 72.8 Å². The van der Waals surface area contributed by atoms with E-state index < -0.39 is 0 Å². The third-order valence-electron chi connectivity index (χ3n) is 3.98. The lowest BCUT2D eigenvalue weighted by Crippen LogP contribution is -2.04. The van der Waals surface area contributed by atoms with Gasteiger partial charge in [0, 0.05) is 34.7 Å². The zero-order valence-electron chi connectivity index (χ0n) is 17.7. The maximum atomic E-state index is 5.86. The first kappa shape index (κ1) is 26.4. The highest BCUT2D eigenvalue weighted by Crippen LogP contribution is 2.15. The second-order valence-electron chi connectivity index (χ2n) is 6.37. The van der Waals surface area contributed by atoms with Gasteiger partial charge in [0.1, 0.15) is 0 Å². The van der Waals surface area contributed by atoms with E-state index in [1.807, 2.05) is 93.9 Å². The molecule has 0 aliphatic carbocycles. The van der Waals surface area contributed by atoms with Crippen molar-refractivity contribution in [1.82, 2.24) is 16.0 Å². The number of nitrogens with one attached hydrogen (secondary N) is 3. The van der Waals surface area contributed by atoms with Crippen LogP contribution in [0.5, 0.6) is 0 Å². The molecule has 3 aromatic rings. The average Bonchev–Trinajstić information content (AvgIpc) is 2.75. The molecule has 3 nitrogen and oxygen atoms in total. The smallest absolute Gasteiger partial charge is 0.0450 e. The minimum absolute atomic E-state index is 0.830. The molecular weight excluding hydrogens is 437 g/mol. The molecular formula is C24H30Cl3N3. The summed E-state index contributed by atoms with van der Waals surface area (Å²) in [5.74, 6) is 0. The van der Waals surface area contributed by atoms with Crippen LogP contribution < -0.4 is 16.0 Å². The lowest BCUT2D eigenvalue weighted by Gasteiger charge is -2.00. The molecule has 0 saturated heterocycles. The van der Waals surface area contributed by atoms with Crippen molar-refractivity contribution in [3.8, 4) is 0 Å². The summed E-state index contributed by atoms with van der Waals surface area (Å²) in [6.07, 6.45) is 0. The van der Waals surface area contributed by atoms with E-state index in [0.717, 1.165) is 51.4 Å². The van der Waals surface area contributed by atoms with Gasteiger partial charge >= 0.3 is 0 Å². The summed E-state index contributed by atoms with van der Waals surface area (Å²) in [6.45, 7) is 2.50. The van der Waals surface area contributed by atoms with E-state index in [0.29, 0.717) is 0 Å². The summed E-state index contributed by atoms with van der Waals surface area (Å²) in [4.78, 5) is 0.